The summed E-state index contributed by atoms with van der Waals surface area (Å²) in [6.45, 7) is 3.43. The van der Waals surface area contributed by atoms with Crippen molar-refractivity contribution in [1.29, 1.82) is 0 Å². The van der Waals surface area contributed by atoms with Gasteiger partial charge in [0.2, 0.25) is 0 Å². The second-order valence-corrected chi connectivity index (χ2v) is 4.02. The minimum absolute atomic E-state index is 0.722. The van der Waals surface area contributed by atoms with E-state index >= 15 is 0 Å². The molecule has 0 saturated heterocycles. The lowest BCUT2D eigenvalue weighted by atomic mass is 10.1. The molecule has 0 saturated carbocycles. The average molecular weight is 172 g/mol. The van der Waals surface area contributed by atoms with Gasteiger partial charge in [-0.05, 0) is 34.6 Å². The summed E-state index contributed by atoms with van der Waals surface area (Å²) < 4.78 is 0. The van der Waals surface area contributed by atoms with E-state index in [9.17, 15) is 0 Å². The molecule has 0 aromatic rings. The molecule has 0 heterocycles. The van der Waals surface area contributed by atoms with Gasteiger partial charge in [0.1, 0.15) is 0 Å². The van der Waals surface area contributed by atoms with Crippen LogP contribution >= 0.6 is 0 Å². The van der Waals surface area contributed by atoms with Crippen molar-refractivity contribution in [2.45, 2.75) is 32.2 Å². The molecule has 0 unspecified atom stereocenters. The maximum Gasteiger partial charge on any atom is 0.0216 e. The molecule has 0 aliphatic heterocycles. The highest BCUT2D eigenvalue weighted by Crippen LogP contribution is 2.06. The zero-order valence-electron chi connectivity index (χ0n) is 9.30. The van der Waals surface area contributed by atoms with E-state index in [2.05, 4.69) is 44.9 Å². The Hall–Kier alpha value is -0.0800. The van der Waals surface area contributed by atoms with Gasteiger partial charge < -0.3 is 9.80 Å². The van der Waals surface area contributed by atoms with Crippen molar-refractivity contribution in [3.05, 3.63) is 0 Å². The normalized spacial score (nSPS) is 14.2. The second kappa shape index (κ2) is 6.44. The van der Waals surface area contributed by atoms with Crippen molar-refractivity contribution in [3.8, 4) is 0 Å². The molecule has 0 rings (SSSR count). The Morgan fingerprint density at radius 1 is 1.08 bits per heavy atom. The van der Waals surface area contributed by atoms with Gasteiger partial charge in [-0.15, -0.1) is 0 Å². The summed E-state index contributed by atoms with van der Waals surface area (Å²) >= 11 is 0. The van der Waals surface area contributed by atoms with Crippen LogP contribution in [0.15, 0.2) is 0 Å². The average Bonchev–Trinajstić information content (AvgIpc) is 1.96. The quantitative estimate of drug-likeness (QED) is 0.601. The molecule has 1 atom stereocenters. The molecule has 12 heavy (non-hydrogen) atoms. The fourth-order valence-electron chi connectivity index (χ4n) is 1.37. The molecule has 0 spiro atoms. The first-order chi connectivity index (χ1) is 5.57. The topological polar surface area (TPSA) is 6.48 Å². The van der Waals surface area contributed by atoms with Gasteiger partial charge in [-0.25, -0.2) is 0 Å². The Bertz CT molecular complexity index is 100. The lowest BCUT2D eigenvalue weighted by Crippen LogP contribution is -2.37. The summed E-state index contributed by atoms with van der Waals surface area (Å²) in [4.78, 5) is 4.59. The van der Waals surface area contributed by atoms with Gasteiger partial charge in [0.05, 0.1) is 0 Å². The molecule has 0 N–H and O–H groups in total. The van der Waals surface area contributed by atoms with Crippen LogP contribution in [0.2, 0.25) is 0 Å². The van der Waals surface area contributed by atoms with Crippen LogP contribution in [0.4, 0.5) is 0 Å². The Labute approximate surface area is 77.5 Å². The third-order valence-electron chi connectivity index (χ3n) is 2.20. The highest BCUT2D eigenvalue weighted by Gasteiger charge is 2.10. The van der Waals surface area contributed by atoms with Gasteiger partial charge in [0.25, 0.3) is 0 Å². The SMILES string of the molecule is CCCC[C@@H](CN(C)C)N(C)C. The third kappa shape index (κ3) is 5.56. The van der Waals surface area contributed by atoms with E-state index in [0.29, 0.717) is 0 Å². The van der Waals surface area contributed by atoms with Gasteiger partial charge >= 0.3 is 0 Å². The van der Waals surface area contributed by atoms with Crippen LogP contribution in [-0.4, -0.2) is 50.6 Å². The Morgan fingerprint density at radius 3 is 2.00 bits per heavy atom. The number of hydrogen-bond donors (Lipinski definition) is 0. The molecule has 0 bridgehead atoms. The highest BCUT2D eigenvalue weighted by atomic mass is 15.2. The monoisotopic (exact) mass is 172 g/mol. The third-order valence-corrected chi connectivity index (χ3v) is 2.20. The summed E-state index contributed by atoms with van der Waals surface area (Å²) in [5.74, 6) is 0. The van der Waals surface area contributed by atoms with E-state index in [1.54, 1.807) is 0 Å². The molecular weight excluding hydrogens is 148 g/mol. The first-order valence-electron chi connectivity index (χ1n) is 4.89. The fraction of sp³-hybridized carbons (Fsp3) is 1.00. The van der Waals surface area contributed by atoms with E-state index < -0.39 is 0 Å². The van der Waals surface area contributed by atoms with Gasteiger partial charge in [0, 0.05) is 12.6 Å². The molecule has 2 heteroatoms. The molecule has 74 valence electrons. The first-order valence-corrected chi connectivity index (χ1v) is 4.89. The minimum atomic E-state index is 0.722. The van der Waals surface area contributed by atoms with Crippen molar-refractivity contribution in [2.75, 3.05) is 34.7 Å². The molecular formula is C10H24N2. The second-order valence-electron chi connectivity index (χ2n) is 4.02. The van der Waals surface area contributed by atoms with Crippen LogP contribution in [0.1, 0.15) is 26.2 Å². The maximum atomic E-state index is 2.33. The summed E-state index contributed by atoms with van der Waals surface area (Å²) in [6.07, 6.45) is 3.97. The first kappa shape index (κ1) is 11.9. The number of nitrogens with zero attached hydrogens (tertiary/aromatic N) is 2. The minimum Gasteiger partial charge on any atom is -0.308 e. The number of hydrogen-bond acceptors (Lipinski definition) is 2. The summed E-state index contributed by atoms with van der Waals surface area (Å²) in [5, 5.41) is 0. The lowest BCUT2D eigenvalue weighted by Gasteiger charge is -2.27. The molecule has 0 amide bonds. The van der Waals surface area contributed by atoms with Crippen LogP contribution in [0, 0.1) is 0 Å². The molecule has 0 aliphatic rings. The van der Waals surface area contributed by atoms with Gasteiger partial charge in [-0.1, -0.05) is 19.8 Å². The van der Waals surface area contributed by atoms with Gasteiger partial charge in [0.15, 0.2) is 0 Å². The van der Waals surface area contributed by atoms with Crippen LogP contribution in [0.3, 0.4) is 0 Å². The van der Waals surface area contributed by atoms with E-state index in [0.717, 1.165) is 6.04 Å². The van der Waals surface area contributed by atoms with Crippen molar-refractivity contribution >= 4 is 0 Å². The van der Waals surface area contributed by atoms with E-state index in [4.69, 9.17) is 0 Å². The zero-order chi connectivity index (χ0) is 9.56. The predicted octanol–water partition coefficient (Wildman–Crippen LogP) is 1.67. The highest BCUT2D eigenvalue weighted by molar-refractivity contribution is 4.68. The van der Waals surface area contributed by atoms with E-state index in [-0.39, 0.29) is 0 Å². The number of likely N-dealkylation sites (N-methyl/N-ethyl adjacent to an activating group) is 2. The predicted molar refractivity (Wildman–Crippen MR) is 55.6 cm³/mol. The fourth-order valence-corrected chi connectivity index (χ4v) is 1.37. The molecule has 0 radical (unpaired) electrons. The van der Waals surface area contributed by atoms with Crippen LogP contribution in [0.25, 0.3) is 0 Å². The van der Waals surface area contributed by atoms with Crippen molar-refractivity contribution in [2.24, 2.45) is 0 Å². The Balaban J connectivity index is 3.70. The van der Waals surface area contributed by atoms with Crippen molar-refractivity contribution in [1.82, 2.24) is 9.80 Å². The van der Waals surface area contributed by atoms with Crippen LogP contribution in [-0.2, 0) is 0 Å². The van der Waals surface area contributed by atoms with Gasteiger partial charge in [-0.3, -0.25) is 0 Å². The summed E-state index contributed by atoms with van der Waals surface area (Å²) in [7, 11) is 8.62. The number of unbranched alkanes of at least 4 members (excludes halogenated alkanes) is 1. The van der Waals surface area contributed by atoms with E-state index in [1.165, 1.54) is 25.8 Å². The maximum absolute atomic E-state index is 2.33. The van der Waals surface area contributed by atoms with Crippen LogP contribution < -0.4 is 0 Å². The van der Waals surface area contributed by atoms with Crippen molar-refractivity contribution < 1.29 is 0 Å². The Morgan fingerprint density at radius 2 is 1.67 bits per heavy atom. The van der Waals surface area contributed by atoms with Gasteiger partial charge in [-0.2, -0.15) is 0 Å². The largest absolute Gasteiger partial charge is 0.308 e. The Kier molecular flexibility index (Phi) is 6.39. The summed E-state index contributed by atoms with van der Waals surface area (Å²) in [5.41, 5.74) is 0. The standard InChI is InChI=1S/C10H24N2/c1-6-7-8-10(12(4)5)9-11(2)3/h10H,6-9H2,1-5H3/t10-/m0/s1. The molecule has 0 aromatic heterocycles. The van der Waals surface area contributed by atoms with Crippen molar-refractivity contribution in [3.63, 3.8) is 0 Å². The lowest BCUT2D eigenvalue weighted by molar-refractivity contribution is 0.214. The van der Waals surface area contributed by atoms with Crippen LogP contribution in [0.5, 0.6) is 0 Å². The molecule has 2 nitrogen and oxygen atoms in total. The van der Waals surface area contributed by atoms with E-state index in [1.807, 2.05) is 0 Å². The zero-order valence-corrected chi connectivity index (χ0v) is 9.30. The number of rotatable bonds is 6. The molecule has 0 aliphatic carbocycles. The smallest absolute Gasteiger partial charge is 0.0216 e. The molecule has 0 aromatic carbocycles. The summed E-state index contributed by atoms with van der Waals surface area (Å²) in [6, 6.07) is 0.722. The molecule has 0 fully saturated rings.